The van der Waals surface area contributed by atoms with E-state index in [1.807, 2.05) is 60.0 Å². The number of fused-ring (bicyclic) bond motifs is 1. The molecule has 0 saturated carbocycles. The summed E-state index contributed by atoms with van der Waals surface area (Å²) in [5.74, 6) is 1.43. The van der Waals surface area contributed by atoms with Crippen LogP contribution in [0.4, 0.5) is 0 Å². The number of rotatable bonds is 3. The summed E-state index contributed by atoms with van der Waals surface area (Å²) in [5.41, 5.74) is 3.33. The van der Waals surface area contributed by atoms with E-state index in [0.29, 0.717) is 16.3 Å². The van der Waals surface area contributed by atoms with Crippen LogP contribution in [0.5, 0.6) is 11.5 Å². The second-order valence-electron chi connectivity index (χ2n) is 5.19. The van der Waals surface area contributed by atoms with E-state index in [4.69, 9.17) is 9.47 Å². The molecule has 0 spiro atoms. The van der Waals surface area contributed by atoms with Crippen molar-refractivity contribution >= 4 is 23.0 Å². The van der Waals surface area contributed by atoms with E-state index in [-0.39, 0.29) is 6.79 Å². The molecule has 5 heteroatoms. The van der Waals surface area contributed by atoms with Crippen molar-refractivity contribution in [2.24, 2.45) is 0 Å². The highest BCUT2D eigenvalue weighted by atomic mass is 32.1. The van der Waals surface area contributed by atoms with Crippen molar-refractivity contribution in [3.8, 4) is 28.8 Å². The summed E-state index contributed by atoms with van der Waals surface area (Å²) >= 11 is 1.46. The van der Waals surface area contributed by atoms with Gasteiger partial charge in [0.15, 0.2) is 11.5 Å². The third-order valence-corrected chi connectivity index (χ3v) is 4.51. The first-order chi connectivity index (χ1) is 11.8. The topological polar surface area (TPSA) is 55.1 Å². The van der Waals surface area contributed by atoms with Gasteiger partial charge in [-0.3, -0.25) is 0 Å². The summed E-state index contributed by atoms with van der Waals surface area (Å²) in [4.78, 5) is 4.59. The minimum absolute atomic E-state index is 0.237. The lowest BCUT2D eigenvalue weighted by molar-refractivity contribution is 0.174. The van der Waals surface area contributed by atoms with E-state index in [2.05, 4.69) is 11.1 Å². The van der Waals surface area contributed by atoms with Crippen LogP contribution in [0.1, 0.15) is 10.6 Å². The van der Waals surface area contributed by atoms with E-state index in [1.54, 1.807) is 0 Å². The Labute approximate surface area is 143 Å². The molecule has 0 amide bonds. The van der Waals surface area contributed by atoms with Crippen molar-refractivity contribution in [2.45, 2.75) is 0 Å². The number of allylic oxidation sites excluding steroid dienone is 1. The molecule has 0 radical (unpaired) electrons. The number of benzene rings is 2. The number of ether oxygens (including phenoxy) is 2. The Morgan fingerprint density at radius 1 is 1.12 bits per heavy atom. The molecule has 4 nitrogen and oxygen atoms in total. The van der Waals surface area contributed by atoms with Crippen molar-refractivity contribution in [1.29, 1.82) is 5.26 Å². The summed E-state index contributed by atoms with van der Waals surface area (Å²) in [5, 5.41) is 12.2. The minimum Gasteiger partial charge on any atom is -0.454 e. The van der Waals surface area contributed by atoms with Gasteiger partial charge in [-0.1, -0.05) is 36.4 Å². The first kappa shape index (κ1) is 14.5. The van der Waals surface area contributed by atoms with Crippen LogP contribution in [-0.4, -0.2) is 11.8 Å². The number of nitrogens with zero attached hydrogens (tertiary/aromatic N) is 2. The van der Waals surface area contributed by atoms with E-state index in [1.165, 1.54) is 11.3 Å². The standard InChI is InChI=1S/C19H12N2O2S/c20-10-15(8-13-6-7-17-18(9-13)23-12-22-17)19-21-16(11-24-19)14-4-2-1-3-5-14/h1-9,11H,12H2/b15-8+. The van der Waals surface area contributed by atoms with Gasteiger partial charge in [-0.05, 0) is 23.8 Å². The molecule has 24 heavy (non-hydrogen) atoms. The van der Waals surface area contributed by atoms with Crippen molar-refractivity contribution in [3.05, 3.63) is 64.5 Å². The van der Waals surface area contributed by atoms with Gasteiger partial charge < -0.3 is 9.47 Å². The van der Waals surface area contributed by atoms with Gasteiger partial charge >= 0.3 is 0 Å². The molecule has 0 aliphatic carbocycles. The monoisotopic (exact) mass is 332 g/mol. The fourth-order valence-corrected chi connectivity index (χ4v) is 3.24. The molecule has 4 rings (SSSR count). The number of hydrogen-bond acceptors (Lipinski definition) is 5. The maximum Gasteiger partial charge on any atom is 0.231 e. The molecular weight excluding hydrogens is 320 g/mol. The molecule has 116 valence electrons. The lowest BCUT2D eigenvalue weighted by atomic mass is 10.1. The predicted molar refractivity (Wildman–Crippen MR) is 93.6 cm³/mol. The van der Waals surface area contributed by atoms with E-state index in [9.17, 15) is 5.26 Å². The summed E-state index contributed by atoms with van der Waals surface area (Å²) in [6, 6.07) is 17.8. The minimum atomic E-state index is 0.237. The highest BCUT2D eigenvalue weighted by Crippen LogP contribution is 2.34. The van der Waals surface area contributed by atoms with E-state index >= 15 is 0 Å². The highest BCUT2D eigenvalue weighted by molar-refractivity contribution is 7.11. The molecular formula is C19H12N2O2S. The van der Waals surface area contributed by atoms with Crippen LogP contribution in [0.15, 0.2) is 53.9 Å². The highest BCUT2D eigenvalue weighted by Gasteiger charge is 2.14. The van der Waals surface area contributed by atoms with Crippen molar-refractivity contribution < 1.29 is 9.47 Å². The molecule has 1 aliphatic rings. The van der Waals surface area contributed by atoms with Crippen LogP contribution < -0.4 is 9.47 Å². The Hall–Kier alpha value is -3.10. The average Bonchev–Trinajstić information content (AvgIpc) is 3.29. The molecule has 2 aromatic carbocycles. The average molecular weight is 332 g/mol. The van der Waals surface area contributed by atoms with Crippen LogP contribution in [0, 0.1) is 11.3 Å². The van der Waals surface area contributed by atoms with Gasteiger partial charge in [0.25, 0.3) is 0 Å². The quantitative estimate of drug-likeness (QED) is 0.658. The smallest absolute Gasteiger partial charge is 0.231 e. The van der Waals surface area contributed by atoms with Gasteiger partial charge in [0, 0.05) is 10.9 Å². The normalized spacial score (nSPS) is 12.9. The second-order valence-corrected chi connectivity index (χ2v) is 6.04. The number of thiazole rings is 1. The number of aromatic nitrogens is 1. The zero-order chi connectivity index (χ0) is 16.4. The van der Waals surface area contributed by atoms with E-state index < -0.39 is 0 Å². The molecule has 1 aromatic heterocycles. The number of hydrogen-bond donors (Lipinski definition) is 0. The van der Waals surface area contributed by atoms with Gasteiger partial charge in [0.05, 0.1) is 11.3 Å². The van der Waals surface area contributed by atoms with Crippen LogP contribution in [-0.2, 0) is 0 Å². The Morgan fingerprint density at radius 3 is 2.79 bits per heavy atom. The number of nitriles is 1. The molecule has 1 aliphatic heterocycles. The maximum absolute atomic E-state index is 9.51. The molecule has 3 aromatic rings. The zero-order valence-corrected chi connectivity index (χ0v) is 13.4. The van der Waals surface area contributed by atoms with Gasteiger partial charge in [-0.2, -0.15) is 5.26 Å². The van der Waals surface area contributed by atoms with E-state index in [0.717, 1.165) is 22.6 Å². The largest absolute Gasteiger partial charge is 0.454 e. The fourth-order valence-electron chi connectivity index (χ4n) is 2.45. The van der Waals surface area contributed by atoms with Crippen LogP contribution >= 0.6 is 11.3 Å². The molecule has 0 fully saturated rings. The first-order valence-corrected chi connectivity index (χ1v) is 8.24. The zero-order valence-electron chi connectivity index (χ0n) is 12.6. The maximum atomic E-state index is 9.51. The van der Waals surface area contributed by atoms with Gasteiger partial charge in [0.1, 0.15) is 11.1 Å². The van der Waals surface area contributed by atoms with Crippen molar-refractivity contribution in [2.75, 3.05) is 6.79 Å². The Balaban J connectivity index is 1.67. The van der Waals surface area contributed by atoms with Gasteiger partial charge in [-0.25, -0.2) is 4.98 Å². The lowest BCUT2D eigenvalue weighted by Crippen LogP contribution is -1.92. The summed E-state index contributed by atoms with van der Waals surface area (Å²) in [6.45, 7) is 0.237. The second kappa shape index (κ2) is 6.19. The van der Waals surface area contributed by atoms with Crippen LogP contribution in [0.3, 0.4) is 0 Å². The fraction of sp³-hybridized carbons (Fsp3) is 0.0526. The predicted octanol–water partition coefficient (Wildman–Crippen LogP) is 4.60. The molecule has 0 atom stereocenters. The van der Waals surface area contributed by atoms with Gasteiger partial charge in [0.2, 0.25) is 6.79 Å². The Kier molecular flexibility index (Phi) is 3.73. The molecule has 0 saturated heterocycles. The molecule has 0 unspecified atom stereocenters. The molecule has 0 N–H and O–H groups in total. The summed E-state index contributed by atoms with van der Waals surface area (Å²) in [7, 11) is 0. The SMILES string of the molecule is N#C/C(=C\c1ccc2c(c1)OCO2)c1nc(-c2ccccc2)cs1. The summed E-state index contributed by atoms with van der Waals surface area (Å²) in [6.07, 6.45) is 1.82. The summed E-state index contributed by atoms with van der Waals surface area (Å²) < 4.78 is 10.7. The molecule has 2 heterocycles. The van der Waals surface area contributed by atoms with Crippen molar-refractivity contribution in [1.82, 2.24) is 4.98 Å². The first-order valence-electron chi connectivity index (χ1n) is 7.36. The molecule has 0 bridgehead atoms. The third-order valence-electron chi connectivity index (χ3n) is 3.63. The van der Waals surface area contributed by atoms with Gasteiger partial charge in [-0.15, -0.1) is 11.3 Å². The van der Waals surface area contributed by atoms with Crippen LogP contribution in [0.25, 0.3) is 22.9 Å². The lowest BCUT2D eigenvalue weighted by Gasteiger charge is -1.99. The third kappa shape index (κ3) is 2.75. The van der Waals surface area contributed by atoms with Crippen LogP contribution in [0.2, 0.25) is 0 Å². The Morgan fingerprint density at radius 2 is 1.96 bits per heavy atom. The van der Waals surface area contributed by atoms with Crippen molar-refractivity contribution in [3.63, 3.8) is 0 Å². The Bertz CT molecular complexity index is 955.